The zero-order valence-electron chi connectivity index (χ0n) is 16.4. The van der Waals surface area contributed by atoms with Gasteiger partial charge in [-0.1, -0.05) is 30.3 Å². The molecule has 0 aliphatic rings. The van der Waals surface area contributed by atoms with Crippen LogP contribution in [0, 0.1) is 0 Å². The van der Waals surface area contributed by atoms with Crippen molar-refractivity contribution in [3.63, 3.8) is 0 Å². The number of methoxy groups -OCH3 is 1. The molecule has 0 aliphatic heterocycles. The molecule has 3 aromatic rings. The minimum absolute atomic E-state index is 0.144. The summed E-state index contributed by atoms with van der Waals surface area (Å²) in [6.07, 6.45) is 0. The van der Waals surface area contributed by atoms with Crippen LogP contribution in [0.5, 0.6) is 0 Å². The van der Waals surface area contributed by atoms with E-state index in [9.17, 15) is 14.4 Å². The molecule has 3 rings (SSSR count). The average molecular weight is 386 g/mol. The molecule has 0 bridgehead atoms. The van der Waals surface area contributed by atoms with Gasteiger partial charge in [0, 0.05) is 19.7 Å². The topological polar surface area (TPSA) is 92.6 Å². The van der Waals surface area contributed by atoms with Gasteiger partial charge in [-0.05, 0) is 0 Å². The molecule has 1 aromatic carbocycles. The van der Waals surface area contributed by atoms with Crippen molar-refractivity contribution in [2.24, 2.45) is 14.1 Å². The molecular formula is C19H24N5O4+. The van der Waals surface area contributed by atoms with Gasteiger partial charge in [0.1, 0.15) is 19.6 Å². The molecule has 1 atom stereocenters. The van der Waals surface area contributed by atoms with Crippen LogP contribution in [0.2, 0.25) is 0 Å². The first kappa shape index (κ1) is 19.6. The molecule has 0 aliphatic carbocycles. The molecular weight excluding hydrogens is 362 g/mol. The molecule has 0 radical (unpaired) electrons. The van der Waals surface area contributed by atoms with E-state index in [1.807, 2.05) is 37.4 Å². The van der Waals surface area contributed by atoms with E-state index in [0.29, 0.717) is 12.4 Å². The molecule has 1 N–H and O–H groups in total. The zero-order valence-corrected chi connectivity index (χ0v) is 16.4. The fraction of sp³-hybridized carbons (Fsp3) is 0.368. The van der Waals surface area contributed by atoms with Gasteiger partial charge in [0.05, 0.1) is 14.2 Å². The number of nitrogens with zero attached hydrogens (tertiary/aromatic N) is 4. The van der Waals surface area contributed by atoms with E-state index in [2.05, 4.69) is 4.98 Å². The number of imidazole rings is 1. The lowest BCUT2D eigenvalue weighted by Crippen LogP contribution is -3.06. The number of quaternary nitrogens is 1. The first-order valence-corrected chi connectivity index (χ1v) is 8.90. The van der Waals surface area contributed by atoms with E-state index in [1.54, 1.807) is 11.6 Å². The highest BCUT2D eigenvalue weighted by atomic mass is 16.5. The predicted molar refractivity (Wildman–Crippen MR) is 103 cm³/mol. The number of nitrogens with one attached hydrogen (secondary N) is 1. The van der Waals surface area contributed by atoms with Crippen LogP contribution in [0.4, 0.5) is 0 Å². The quantitative estimate of drug-likeness (QED) is 0.539. The van der Waals surface area contributed by atoms with Gasteiger partial charge in [0.2, 0.25) is 0 Å². The Morgan fingerprint density at radius 3 is 2.43 bits per heavy atom. The van der Waals surface area contributed by atoms with Gasteiger partial charge in [0.25, 0.3) is 5.56 Å². The standard InChI is InChI=1S/C19H23N5O4/c1-21(10-13-8-6-5-7-9-13)11-14-20-17-16(24(14)12-15(25)28-4)18(26)23(3)19(27)22(17)2/h5-9H,10-12H2,1-4H3/p+1. The molecule has 0 amide bonds. The lowest BCUT2D eigenvalue weighted by atomic mass is 10.2. The number of aryl methyl sites for hydroxylation is 1. The second-order valence-corrected chi connectivity index (χ2v) is 6.86. The van der Waals surface area contributed by atoms with Crippen molar-refractivity contribution in [2.45, 2.75) is 19.6 Å². The average Bonchev–Trinajstić information content (AvgIpc) is 3.03. The maximum atomic E-state index is 12.7. The SMILES string of the molecule is COC(=O)Cn1c(C[NH+](C)Cc2ccccc2)nc2c1c(=O)n(C)c(=O)n2C. The number of fused-ring (bicyclic) bond motifs is 1. The minimum atomic E-state index is -0.489. The number of aromatic nitrogens is 4. The lowest BCUT2D eigenvalue weighted by Gasteiger charge is -2.14. The summed E-state index contributed by atoms with van der Waals surface area (Å²) in [4.78, 5) is 42.6. The third kappa shape index (κ3) is 3.61. The number of rotatable bonds is 6. The number of benzene rings is 1. The summed E-state index contributed by atoms with van der Waals surface area (Å²) < 4.78 is 8.67. The molecule has 28 heavy (non-hydrogen) atoms. The van der Waals surface area contributed by atoms with Crippen LogP contribution in [0.3, 0.4) is 0 Å². The summed E-state index contributed by atoms with van der Waals surface area (Å²) in [7, 11) is 6.27. The van der Waals surface area contributed by atoms with Gasteiger partial charge < -0.3 is 14.2 Å². The predicted octanol–water partition coefficient (Wildman–Crippen LogP) is -1.18. The fourth-order valence-electron chi connectivity index (χ4n) is 3.27. The summed E-state index contributed by atoms with van der Waals surface area (Å²) in [5.74, 6) is 0.0595. The van der Waals surface area contributed by atoms with E-state index < -0.39 is 17.2 Å². The Bertz CT molecular complexity index is 1130. The largest absolute Gasteiger partial charge is 0.468 e. The van der Waals surface area contributed by atoms with Gasteiger partial charge >= 0.3 is 11.7 Å². The highest BCUT2D eigenvalue weighted by Gasteiger charge is 2.22. The lowest BCUT2D eigenvalue weighted by molar-refractivity contribution is -0.908. The number of carbonyl (C=O) groups is 1. The van der Waals surface area contributed by atoms with Gasteiger partial charge in [-0.15, -0.1) is 0 Å². The molecule has 0 fully saturated rings. The Labute approximate surface area is 161 Å². The van der Waals surface area contributed by atoms with Gasteiger partial charge in [0.15, 0.2) is 17.0 Å². The van der Waals surface area contributed by atoms with Crippen LogP contribution >= 0.6 is 0 Å². The van der Waals surface area contributed by atoms with Gasteiger partial charge in [-0.3, -0.25) is 18.7 Å². The Morgan fingerprint density at radius 2 is 1.79 bits per heavy atom. The molecule has 0 saturated carbocycles. The van der Waals surface area contributed by atoms with Crippen molar-refractivity contribution in [1.82, 2.24) is 18.7 Å². The molecule has 148 valence electrons. The van der Waals surface area contributed by atoms with Crippen molar-refractivity contribution in [2.75, 3.05) is 14.2 Å². The van der Waals surface area contributed by atoms with Crippen LogP contribution in [-0.2, 0) is 43.3 Å². The Kier molecular flexibility index (Phi) is 5.46. The first-order valence-electron chi connectivity index (χ1n) is 8.90. The summed E-state index contributed by atoms with van der Waals surface area (Å²) in [5.41, 5.74) is 0.703. The number of carbonyl (C=O) groups excluding carboxylic acids is 1. The highest BCUT2D eigenvalue weighted by molar-refractivity contribution is 5.75. The number of hydrogen-bond donors (Lipinski definition) is 1. The van der Waals surface area contributed by atoms with Crippen molar-refractivity contribution in [3.8, 4) is 0 Å². The van der Waals surface area contributed by atoms with Crippen LogP contribution < -0.4 is 16.1 Å². The van der Waals surface area contributed by atoms with Crippen molar-refractivity contribution >= 4 is 17.1 Å². The molecule has 9 heteroatoms. The smallest absolute Gasteiger partial charge is 0.332 e. The highest BCUT2D eigenvalue weighted by Crippen LogP contribution is 2.11. The van der Waals surface area contributed by atoms with Gasteiger partial charge in [-0.25, -0.2) is 9.78 Å². The van der Waals surface area contributed by atoms with Gasteiger partial charge in [-0.2, -0.15) is 0 Å². The first-order chi connectivity index (χ1) is 13.3. The number of ether oxygens (including phenoxy) is 1. The van der Waals surface area contributed by atoms with Crippen LogP contribution in [-0.4, -0.2) is 38.8 Å². The van der Waals surface area contributed by atoms with E-state index in [0.717, 1.165) is 16.0 Å². The van der Waals surface area contributed by atoms with Crippen LogP contribution in [0.1, 0.15) is 11.4 Å². The Morgan fingerprint density at radius 1 is 1.11 bits per heavy atom. The van der Waals surface area contributed by atoms with Crippen molar-refractivity contribution in [3.05, 3.63) is 62.6 Å². The van der Waals surface area contributed by atoms with Crippen molar-refractivity contribution in [1.29, 1.82) is 0 Å². The zero-order chi connectivity index (χ0) is 20.4. The molecule has 0 spiro atoms. The summed E-state index contributed by atoms with van der Waals surface area (Å²) in [6, 6.07) is 10.0. The maximum Gasteiger partial charge on any atom is 0.332 e. The van der Waals surface area contributed by atoms with Crippen molar-refractivity contribution < 1.29 is 14.4 Å². The second kappa shape index (κ2) is 7.81. The fourth-order valence-corrected chi connectivity index (χ4v) is 3.27. The summed E-state index contributed by atoms with van der Waals surface area (Å²) >= 11 is 0. The number of hydrogen-bond acceptors (Lipinski definition) is 5. The third-order valence-corrected chi connectivity index (χ3v) is 4.75. The van der Waals surface area contributed by atoms with E-state index in [1.165, 1.54) is 24.3 Å². The number of esters is 1. The molecule has 9 nitrogen and oxygen atoms in total. The monoisotopic (exact) mass is 386 g/mol. The minimum Gasteiger partial charge on any atom is -0.468 e. The second-order valence-electron chi connectivity index (χ2n) is 6.86. The Hall–Kier alpha value is -3.20. The molecule has 2 aromatic heterocycles. The molecule has 0 saturated heterocycles. The third-order valence-electron chi connectivity index (χ3n) is 4.75. The normalized spacial score (nSPS) is 12.3. The summed E-state index contributed by atoms with van der Waals surface area (Å²) in [6.45, 7) is 1.07. The van der Waals surface area contributed by atoms with E-state index >= 15 is 0 Å². The van der Waals surface area contributed by atoms with Crippen LogP contribution in [0.15, 0.2) is 39.9 Å². The van der Waals surface area contributed by atoms with E-state index in [4.69, 9.17) is 4.74 Å². The molecule has 1 unspecified atom stereocenters. The maximum absolute atomic E-state index is 12.7. The van der Waals surface area contributed by atoms with Crippen LogP contribution in [0.25, 0.3) is 11.2 Å². The Balaban J connectivity index is 2.07. The van der Waals surface area contributed by atoms with E-state index in [-0.39, 0.29) is 17.7 Å². The summed E-state index contributed by atoms with van der Waals surface area (Å²) in [5, 5.41) is 0. The molecule has 2 heterocycles.